The second-order valence-corrected chi connectivity index (χ2v) is 7.19. The first-order valence-electron chi connectivity index (χ1n) is 9.51. The number of aliphatic imine (C=N–C) groups is 1. The maximum absolute atomic E-state index is 10.9. The molecule has 1 aliphatic heterocycles. The van der Waals surface area contributed by atoms with Gasteiger partial charge in [-0.25, -0.2) is 0 Å². The third-order valence-electron chi connectivity index (χ3n) is 4.69. The molecule has 30 heavy (non-hydrogen) atoms. The van der Waals surface area contributed by atoms with Crippen LogP contribution in [-0.2, 0) is 11.3 Å². The molecule has 0 saturated carbocycles. The molecule has 0 aromatic heterocycles. The van der Waals surface area contributed by atoms with Crippen LogP contribution < -0.4 is 20.7 Å². The summed E-state index contributed by atoms with van der Waals surface area (Å²) in [6, 6.07) is 15.5. The Morgan fingerprint density at radius 1 is 1.17 bits per heavy atom. The topological polar surface area (TPSA) is 83.2 Å². The Morgan fingerprint density at radius 3 is 2.57 bits per heavy atom. The van der Waals surface area contributed by atoms with E-state index < -0.39 is 5.91 Å². The van der Waals surface area contributed by atoms with Crippen LogP contribution in [0.1, 0.15) is 5.56 Å². The normalized spacial score (nSPS) is 14.1. The van der Waals surface area contributed by atoms with Gasteiger partial charge >= 0.3 is 0 Å². The molecule has 0 aliphatic carbocycles. The second kappa shape index (κ2) is 11.8. The first-order valence-corrected chi connectivity index (χ1v) is 9.89. The number of nitrogens with two attached hydrogens (primary N) is 1. The molecule has 0 spiro atoms. The highest BCUT2D eigenvalue weighted by Crippen LogP contribution is 2.21. The fourth-order valence-electron chi connectivity index (χ4n) is 3.26. The van der Waals surface area contributed by atoms with Crippen LogP contribution in [0, 0.1) is 0 Å². The van der Waals surface area contributed by atoms with Crippen molar-refractivity contribution < 1.29 is 9.53 Å². The molecule has 1 aliphatic rings. The summed E-state index contributed by atoms with van der Waals surface area (Å²) in [5.74, 6) is 0.985. The molecule has 9 heteroatoms. The van der Waals surface area contributed by atoms with Crippen LogP contribution in [-0.4, -0.2) is 56.6 Å². The predicted molar refractivity (Wildman–Crippen MR) is 132 cm³/mol. The molecule has 3 rings (SSSR count). The molecule has 162 valence electrons. The van der Waals surface area contributed by atoms with Crippen molar-refractivity contribution in [1.82, 2.24) is 10.2 Å². The maximum Gasteiger partial charge on any atom is 0.255 e. The van der Waals surface area contributed by atoms with Gasteiger partial charge in [0.25, 0.3) is 5.91 Å². The Morgan fingerprint density at radius 2 is 1.90 bits per heavy atom. The van der Waals surface area contributed by atoms with Gasteiger partial charge in [-0.2, -0.15) is 0 Å². The third kappa shape index (κ3) is 6.94. The van der Waals surface area contributed by atoms with E-state index in [-0.39, 0.29) is 30.6 Å². The van der Waals surface area contributed by atoms with E-state index in [4.69, 9.17) is 22.1 Å². The lowest BCUT2D eigenvalue weighted by Gasteiger charge is -2.37. The van der Waals surface area contributed by atoms with E-state index in [1.165, 1.54) is 0 Å². The smallest absolute Gasteiger partial charge is 0.255 e. The van der Waals surface area contributed by atoms with Gasteiger partial charge in [0.2, 0.25) is 0 Å². The van der Waals surface area contributed by atoms with Crippen LogP contribution in [0.5, 0.6) is 5.75 Å². The fourth-order valence-corrected chi connectivity index (χ4v) is 3.45. The van der Waals surface area contributed by atoms with Gasteiger partial charge in [-0.05, 0) is 35.9 Å². The van der Waals surface area contributed by atoms with Crippen molar-refractivity contribution in [3.8, 4) is 5.75 Å². The van der Waals surface area contributed by atoms with Gasteiger partial charge in [-0.15, -0.1) is 24.0 Å². The summed E-state index contributed by atoms with van der Waals surface area (Å²) in [6.45, 7) is 4.02. The average molecular weight is 544 g/mol. The summed E-state index contributed by atoms with van der Waals surface area (Å²) >= 11 is 6.11. The summed E-state index contributed by atoms with van der Waals surface area (Å²) in [7, 11) is 1.79. The number of piperazine rings is 1. The summed E-state index contributed by atoms with van der Waals surface area (Å²) < 4.78 is 5.36. The molecule has 7 nitrogen and oxygen atoms in total. The summed E-state index contributed by atoms with van der Waals surface area (Å²) in [6.07, 6.45) is 0. The highest BCUT2D eigenvalue weighted by molar-refractivity contribution is 14.0. The van der Waals surface area contributed by atoms with Crippen LogP contribution in [0.2, 0.25) is 5.02 Å². The van der Waals surface area contributed by atoms with Crippen molar-refractivity contribution in [2.75, 3.05) is 44.7 Å². The van der Waals surface area contributed by atoms with E-state index in [9.17, 15) is 4.79 Å². The number of primary amides is 1. The lowest BCUT2D eigenvalue weighted by atomic mass is 10.2. The Bertz CT molecular complexity index is 872. The summed E-state index contributed by atoms with van der Waals surface area (Å²) in [5.41, 5.74) is 7.30. The Kier molecular flexibility index (Phi) is 9.51. The van der Waals surface area contributed by atoms with Crippen LogP contribution in [0.15, 0.2) is 53.5 Å². The van der Waals surface area contributed by atoms with Crippen molar-refractivity contribution in [2.45, 2.75) is 6.54 Å². The molecule has 0 atom stereocenters. The molecule has 2 aromatic rings. The van der Waals surface area contributed by atoms with Gasteiger partial charge in [0.05, 0.1) is 0 Å². The number of hydrogen-bond donors (Lipinski definition) is 2. The predicted octanol–water partition coefficient (Wildman–Crippen LogP) is 2.72. The summed E-state index contributed by atoms with van der Waals surface area (Å²) in [4.78, 5) is 19.9. The number of amides is 1. The zero-order valence-corrected chi connectivity index (χ0v) is 20.0. The van der Waals surface area contributed by atoms with Gasteiger partial charge in [0, 0.05) is 50.5 Å². The molecule has 1 fully saturated rings. The van der Waals surface area contributed by atoms with E-state index >= 15 is 0 Å². The number of nitrogens with one attached hydrogen (secondary N) is 1. The number of ether oxygens (including phenoxy) is 1. The maximum atomic E-state index is 10.9. The quantitative estimate of drug-likeness (QED) is 0.333. The number of nitrogens with zero attached hydrogens (tertiary/aromatic N) is 3. The minimum atomic E-state index is -0.495. The number of hydrogen-bond acceptors (Lipinski definition) is 4. The van der Waals surface area contributed by atoms with Crippen molar-refractivity contribution in [3.63, 3.8) is 0 Å². The number of halogens is 2. The third-order valence-corrected chi connectivity index (χ3v) is 4.93. The lowest BCUT2D eigenvalue weighted by Crippen LogP contribution is -2.52. The van der Waals surface area contributed by atoms with Crippen LogP contribution in [0.3, 0.4) is 0 Å². The largest absolute Gasteiger partial charge is 0.484 e. The van der Waals surface area contributed by atoms with Crippen molar-refractivity contribution in [1.29, 1.82) is 0 Å². The van der Waals surface area contributed by atoms with E-state index in [2.05, 4.69) is 26.2 Å². The molecule has 1 saturated heterocycles. The molecule has 0 radical (unpaired) electrons. The Labute approximate surface area is 199 Å². The summed E-state index contributed by atoms with van der Waals surface area (Å²) in [5, 5.41) is 4.15. The molecular weight excluding hydrogens is 517 g/mol. The number of anilines is 1. The van der Waals surface area contributed by atoms with Gasteiger partial charge in [-0.3, -0.25) is 9.79 Å². The van der Waals surface area contributed by atoms with Gasteiger partial charge < -0.3 is 25.6 Å². The van der Waals surface area contributed by atoms with Gasteiger partial charge in [-0.1, -0.05) is 29.8 Å². The number of benzene rings is 2. The molecule has 1 amide bonds. The van der Waals surface area contributed by atoms with Gasteiger partial charge in [0.1, 0.15) is 5.75 Å². The van der Waals surface area contributed by atoms with E-state index in [0.29, 0.717) is 12.3 Å². The monoisotopic (exact) mass is 543 g/mol. The number of guanidine groups is 1. The zero-order chi connectivity index (χ0) is 20.6. The van der Waals surface area contributed by atoms with Gasteiger partial charge in [0.15, 0.2) is 12.6 Å². The number of rotatable bonds is 6. The number of carbonyl (C=O) groups excluding carboxylic acids is 1. The van der Waals surface area contributed by atoms with Crippen molar-refractivity contribution in [3.05, 3.63) is 59.1 Å². The Balaban J connectivity index is 0.00000320. The lowest BCUT2D eigenvalue weighted by molar-refractivity contribution is -0.119. The zero-order valence-electron chi connectivity index (χ0n) is 16.9. The van der Waals surface area contributed by atoms with E-state index in [0.717, 1.165) is 48.4 Å². The minimum absolute atomic E-state index is 0. The SMILES string of the molecule is CN=C(NCc1cccc(OCC(N)=O)c1)N1CCN(c2cccc(Cl)c2)CC1.I. The standard InChI is InChI=1S/C21H26ClN5O2.HI/c1-24-21(25-14-16-4-2-7-19(12-16)29-15-20(23)28)27-10-8-26(9-11-27)18-6-3-5-17(22)13-18;/h2-7,12-13H,8-11,14-15H2,1H3,(H2,23,28)(H,24,25);1H. The van der Waals surface area contributed by atoms with Crippen LogP contribution in [0.25, 0.3) is 0 Å². The van der Waals surface area contributed by atoms with Crippen molar-refractivity contribution >= 4 is 53.1 Å². The molecule has 0 bridgehead atoms. The van der Waals surface area contributed by atoms with Crippen LogP contribution in [0.4, 0.5) is 5.69 Å². The molecule has 2 aromatic carbocycles. The molecular formula is C21H27ClIN5O2. The second-order valence-electron chi connectivity index (χ2n) is 6.76. The highest BCUT2D eigenvalue weighted by atomic mass is 127. The minimum Gasteiger partial charge on any atom is -0.484 e. The van der Waals surface area contributed by atoms with E-state index in [1.54, 1.807) is 13.1 Å². The first kappa shape index (κ1) is 24.1. The first-order chi connectivity index (χ1) is 14.0. The van der Waals surface area contributed by atoms with E-state index in [1.807, 2.05) is 36.4 Å². The average Bonchev–Trinajstić information content (AvgIpc) is 2.73. The van der Waals surface area contributed by atoms with Crippen molar-refractivity contribution in [2.24, 2.45) is 10.7 Å². The molecule has 1 heterocycles. The molecule has 0 unspecified atom stereocenters. The fraction of sp³-hybridized carbons (Fsp3) is 0.333. The molecule has 3 N–H and O–H groups in total. The highest BCUT2D eigenvalue weighted by Gasteiger charge is 2.20. The Hall–Kier alpha value is -2.20. The van der Waals surface area contributed by atoms with Crippen LogP contribution >= 0.6 is 35.6 Å². The number of carbonyl (C=O) groups is 1.